The molecule has 1 heterocycles. The third kappa shape index (κ3) is 2.99. The molecule has 1 aliphatic carbocycles. The highest BCUT2D eigenvalue weighted by Gasteiger charge is 2.48. The van der Waals surface area contributed by atoms with E-state index in [4.69, 9.17) is 9.47 Å². The standard InChI is InChI=1S/C16H26O4/c1-4-15(2,3)14(18)20-16(8-6-5-7-9-16)12-10-13(17)19-11-12/h12H,4-11H2,1-3H3. The zero-order chi connectivity index (χ0) is 14.8. The smallest absolute Gasteiger partial charge is 0.312 e. The van der Waals surface area contributed by atoms with Crippen molar-refractivity contribution in [3.8, 4) is 0 Å². The van der Waals surface area contributed by atoms with Gasteiger partial charge in [-0.2, -0.15) is 0 Å². The molecule has 2 aliphatic rings. The summed E-state index contributed by atoms with van der Waals surface area (Å²) in [4.78, 5) is 23.9. The maximum Gasteiger partial charge on any atom is 0.312 e. The normalized spacial score (nSPS) is 26.1. The summed E-state index contributed by atoms with van der Waals surface area (Å²) >= 11 is 0. The van der Waals surface area contributed by atoms with Gasteiger partial charge in [-0.1, -0.05) is 13.3 Å². The van der Waals surface area contributed by atoms with Gasteiger partial charge in [0, 0.05) is 5.92 Å². The lowest BCUT2D eigenvalue weighted by molar-refractivity contribution is -0.182. The molecule has 0 bridgehead atoms. The Balaban J connectivity index is 2.15. The van der Waals surface area contributed by atoms with Gasteiger partial charge in [-0.25, -0.2) is 0 Å². The number of ether oxygens (including phenoxy) is 2. The SMILES string of the molecule is CCC(C)(C)C(=O)OC1(C2COC(=O)C2)CCCCC1. The molecule has 0 aromatic heterocycles. The van der Waals surface area contributed by atoms with Gasteiger partial charge in [0.15, 0.2) is 0 Å². The van der Waals surface area contributed by atoms with Gasteiger partial charge < -0.3 is 9.47 Å². The van der Waals surface area contributed by atoms with Crippen molar-refractivity contribution in [2.75, 3.05) is 6.61 Å². The van der Waals surface area contributed by atoms with Gasteiger partial charge in [-0.3, -0.25) is 9.59 Å². The van der Waals surface area contributed by atoms with Crippen LogP contribution in [0.25, 0.3) is 0 Å². The molecule has 114 valence electrons. The molecule has 4 nitrogen and oxygen atoms in total. The predicted octanol–water partition coefficient (Wildman–Crippen LogP) is 3.23. The van der Waals surface area contributed by atoms with E-state index in [1.54, 1.807) is 0 Å². The highest BCUT2D eigenvalue weighted by atomic mass is 16.6. The van der Waals surface area contributed by atoms with E-state index < -0.39 is 11.0 Å². The molecule has 4 heteroatoms. The second kappa shape index (κ2) is 5.74. The van der Waals surface area contributed by atoms with Crippen molar-refractivity contribution in [3.05, 3.63) is 0 Å². The lowest BCUT2D eigenvalue weighted by Gasteiger charge is -2.42. The lowest BCUT2D eigenvalue weighted by Crippen LogP contribution is -2.47. The quantitative estimate of drug-likeness (QED) is 0.743. The fraction of sp³-hybridized carbons (Fsp3) is 0.875. The summed E-state index contributed by atoms with van der Waals surface area (Å²) < 4.78 is 11.1. The predicted molar refractivity (Wildman–Crippen MR) is 75.0 cm³/mol. The minimum absolute atomic E-state index is 0.0342. The van der Waals surface area contributed by atoms with Crippen LogP contribution in [0.2, 0.25) is 0 Å². The van der Waals surface area contributed by atoms with Crippen LogP contribution in [0.5, 0.6) is 0 Å². The van der Waals surface area contributed by atoms with Crippen molar-refractivity contribution in [2.24, 2.45) is 11.3 Å². The average Bonchev–Trinajstić information content (AvgIpc) is 2.87. The topological polar surface area (TPSA) is 52.6 Å². The number of esters is 2. The third-order valence-electron chi connectivity index (χ3n) is 5.03. The van der Waals surface area contributed by atoms with Crippen molar-refractivity contribution in [2.45, 2.75) is 71.3 Å². The Morgan fingerprint density at radius 3 is 2.50 bits per heavy atom. The van der Waals surface area contributed by atoms with Crippen LogP contribution in [0.1, 0.15) is 65.7 Å². The largest absolute Gasteiger partial charge is 0.465 e. The zero-order valence-corrected chi connectivity index (χ0v) is 12.9. The molecular formula is C16H26O4. The molecule has 1 unspecified atom stereocenters. The Kier molecular flexibility index (Phi) is 4.40. The van der Waals surface area contributed by atoms with Gasteiger partial charge in [0.2, 0.25) is 0 Å². The molecule has 1 atom stereocenters. The van der Waals surface area contributed by atoms with E-state index in [-0.39, 0.29) is 17.9 Å². The number of hydrogen-bond donors (Lipinski definition) is 0. The first-order valence-electron chi connectivity index (χ1n) is 7.79. The van der Waals surface area contributed by atoms with Crippen LogP contribution in [-0.4, -0.2) is 24.1 Å². The Labute approximate surface area is 121 Å². The van der Waals surface area contributed by atoms with Gasteiger partial charge in [0.1, 0.15) is 5.60 Å². The minimum Gasteiger partial charge on any atom is -0.465 e. The molecule has 0 aromatic rings. The van der Waals surface area contributed by atoms with Crippen LogP contribution in [-0.2, 0) is 19.1 Å². The van der Waals surface area contributed by atoms with Crippen LogP contribution >= 0.6 is 0 Å². The third-order valence-corrected chi connectivity index (χ3v) is 5.03. The molecule has 0 aromatic carbocycles. The molecule has 2 rings (SSSR count). The molecule has 0 amide bonds. The van der Waals surface area contributed by atoms with Crippen molar-refractivity contribution in [3.63, 3.8) is 0 Å². The average molecular weight is 282 g/mol. The molecule has 20 heavy (non-hydrogen) atoms. The van der Waals surface area contributed by atoms with E-state index in [0.29, 0.717) is 13.0 Å². The summed E-state index contributed by atoms with van der Waals surface area (Å²) in [5, 5.41) is 0. The summed E-state index contributed by atoms with van der Waals surface area (Å²) in [6.07, 6.45) is 6.16. The fourth-order valence-electron chi connectivity index (χ4n) is 3.06. The van der Waals surface area contributed by atoms with Gasteiger partial charge >= 0.3 is 11.9 Å². The number of cyclic esters (lactones) is 1. The summed E-state index contributed by atoms with van der Waals surface area (Å²) in [6.45, 7) is 6.24. The first-order valence-corrected chi connectivity index (χ1v) is 7.79. The van der Waals surface area contributed by atoms with E-state index in [0.717, 1.165) is 32.1 Å². The van der Waals surface area contributed by atoms with Crippen LogP contribution in [0.15, 0.2) is 0 Å². The van der Waals surface area contributed by atoms with Crippen molar-refractivity contribution >= 4 is 11.9 Å². The van der Waals surface area contributed by atoms with Crippen molar-refractivity contribution < 1.29 is 19.1 Å². The number of carbonyl (C=O) groups is 2. The van der Waals surface area contributed by atoms with Crippen LogP contribution < -0.4 is 0 Å². The van der Waals surface area contributed by atoms with E-state index in [1.807, 2.05) is 20.8 Å². The van der Waals surface area contributed by atoms with Gasteiger partial charge in [0.05, 0.1) is 18.4 Å². The fourth-order valence-corrected chi connectivity index (χ4v) is 3.06. The summed E-state index contributed by atoms with van der Waals surface area (Å²) in [5.41, 5.74) is -0.943. The molecular weight excluding hydrogens is 256 g/mol. The molecule has 2 fully saturated rings. The van der Waals surface area contributed by atoms with Crippen molar-refractivity contribution in [1.82, 2.24) is 0 Å². The van der Waals surface area contributed by atoms with Crippen LogP contribution in [0, 0.1) is 11.3 Å². The van der Waals surface area contributed by atoms with Gasteiger partial charge in [0.25, 0.3) is 0 Å². The molecule has 0 N–H and O–H groups in total. The Hall–Kier alpha value is -1.06. The Morgan fingerprint density at radius 2 is 2.00 bits per heavy atom. The summed E-state index contributed by atoms with van der Waals surface area (Å²) in [5.74, 6) is -0.265. The number of rotatable bonds is 4. The maximum absolute atomic E-state index is 12.5. The molecule has 0 radical (unpaired) electrons. The van der Waals surface area contributed by atoms with E-state index in [2.05, 4.69) is 0 Å². The van der Waals surface area contributed by atoms with Gasteiger partial charge in [-0.15, -0.1) is 0 Å². The maximum atomic E-state index is 12.5. The highest BCUT2D eigenvalue weighted by Crippen LogP contribution is 2.43. The van der Waals surface area contributed by atoms with Crippen LogP contribution in [0.3, 0.4) is 0 Å². The molecule has 1 saturated heterocycles. The Morgan fingerprint density at radius 1 is 1.35 bits per heavy atom. The second-order valence-electron chi connectivity index (χ2n) is 6.84. The van der Waals surface area contributed by atoms with E-state index >= 15 is 0 Å². The summed E-state index contributed by atoms with van der Waals surface area (Å²) in [6, 6.07) is 0. The molecule has 0 spiro atoms. The van der Waals surface area contributed by atoms with Gasteiger partial charge in [-0.05, 0) is 46.0 Å². The summed E-state index contributed by atoms with van der Waals surface area (Å²) in [7, 11) is 0. The first kappa shape index (κ1) is 15.3. The van der Waals surface area contributed by atoms with E-state index in [1.165, 1.54) is 6.42 Å². The molecule has 1 aliphatic heterocycles. The molecule has 1 saturated carbocycles. The van der Waals surface area contributed by atoms with Crippen molar-refractivity contribution in [1.29, 1.82) is 0 Å². The minimum atomic E-state index is -0.478. The number of hydrogen-bond acceptors (Lipinski definition) is 4. The second-order valence-corrected chi connectivity index (χ2v) is 6.84. The Bertz CT molecular complexity index is 380. The zero-order valence-electron chi connectivity index (χ0n) is 12.9. The number of carbonyl (C=O) groups excluding carboxylic acids is 2. The monoisotopic (exact) mass is 282 g/mol. The lowest BCUT2D eigenvalue weighted by atomic mass is 9.74. The first-order chi connectivity index (χ1) is 9.39. The van der Waals surface area contributed by atoms with Crippen LogP contribution in [0.4, 0.5) is 0 Å². The van der Waals surface area contributed by atoms with E-state index in [9.17, 15) is 9.59 Å². The highest BCUT2D eigenvalue weighted by molar-refractivity contribution is 5.76.